The summed E-state index contributed by atoms with van der Waals surface area (Å²) in [5.41, 5.74) is 3.91. The van der Waals surface area contributed by atoms with Gasteiger partial charge in [-0.1, -0.05) is 12.5 Å². The van der Waals surface area contributed by atoms with Crippen LogP contribution in [0.5, 0.6) is 0 Å². The second-order valence-corrected chi connectivity index (χ2v) is 8.69. The molecule has 1 amide bonds. The number of carbonyl (C=O) groups is 1. The highest BCUT2D eigenvalue weighted by Crippen LogP contribution is 2.18. The van der Waals surface area contributed by atoms with Gasteiger partial charge in [-0.2, -0.15) is 5.10 Å². The highest BCUT2D eigenvalue weighted by atomic mass is 16.1. The molecule has 3 aromatic rings. The van der Waals surface area contributed by atoms with Crippen LogP contribution < -0.4 is 10.9 Å². The number of pyridine rings is 1. The zero-order chi connectivity index (χ0) is 21.2. The number of aryl methyl sites for hydroxylation is 2. The van der Waals surface area contributed by atoms with Crippen molar-refractivity contribution in [3.63, 3.8) is 0 Å². The number of aromatic nitrogens is 3. The largest absolute Gasteiger partial charge is 0.350 e. The zero-order valence-electron chi connectivity index (χ0n) is 17.8. The van der Waals surface area contributed by atoms with Crippen LogP contribution in [0.4, 0.5) is 0 Å². The summed E-state index contributed by atoms with van der Waals surface area (Å²) < 4.78 is 3.59. The van der Waals surface area contributed by atoms with E-state index >= 15 is 0 Å². The van der Waals surface area contributed by atoms with Crippen molar-refractivity contribution in [2.75, 3.05) is 19.6 Å². The van der Waals surface area contributed by atoms with Gasteiger partial charge in [0.15, 0.2) is 0 Å². The van der Waals surface area contributed by atoms with Crippen LogP contribution in [0.25, 0.3) is 5.52 Å². The number of hydrogen-bond acceptors (Lipinski definition) is 4. The minimum atomic E-state index is -0.0364. The predicted octanol–water partition coefficient (Wildman–Crippen LogP) is 2.27. The molecule has 1 atom stereocenters. The van der Waals surface area contributed by atoms with Gasteiger partial charge in [-0.3, -0.25) is 14.5 Å². The fourth-order valence-electron chi connectivity index (χ4n) is 4.90. The Hall–Kier alpha value is -2.93. The van der Waals surface area contributed by atoms with Crippen molar-refractivity contribution in [1.29, 1.82) is 0 Å². The summed E-state index contributed by atoms with van der Waals surface area (Å²) in [6.45, 7) is 3.00. The van der Waals surface area contributed by atoms with Crippen molar-refractivity contribution < 1.29 is 4.79 Å². The van der Waals surface area contributed by atoms with Crippen LogP contribution in [0.2, 0.25) is 0 Å². The predicted molar refractivity (Wildman–Crippen MR) is 119 cm³/mol. The molecule has 1 unspecified atom stereocenters. The molecule has 0 aromatic carbocycles. The van der Waals surface area contributed by atoms with Gasteiger partial charge in [0.1, 0.15) is 0 Å². The summed E-state index contributed by atoms with van der Waals surface area (Å²) >= 11 is 0. The number of carbonyl (C=O) groups excluding carboxylic acids is 1. The lowest BCUT2D eigenvalue weighted by molar-refractivity contribution is 0.0909. The van der Waals surface area contributed by atoms with E-state index in [4.69, 9.17) is 0 Å². The monoisotopic (exact) mass is 419 g/mol. The van der Waals surface area contributed by atoms with Crippen molar-refractivity contribution in [2.45, 2.75) is 51.1 Å². The molecule has 5 rings (SSSR count). The van der Waals surface area contributed by atoms with Gasteiger partial charge in [0.25, 0.3) is 11.5 Å². The smallest absolute Gasteiger partial charge is 0.267 e. The van der Waals surface area contributed by atoms with Crippen molar-refractivity contribution in [3.8, 4) is 0 Å². The third-order valence-electron chi connectivity index (χ3n) is 6.64. The molecule has 31 heavy (non-hydrogen) atoms. The number of likely N-dealkylation sites (tertiary alicyclic amines) is 1. The Morgan fingerprint density at radius 2 is 2.06 bits per heavy atom. The van der Waals surface area contributed by atoms with Gasteiger partial charge in [-0.05, 0) is 62.4 Å². The number of nitrogens with zero attached hydrogens (tertiary/aromatic N) is 4. The Kier molecular flexibility index (Phi) is 5.59. The van der Waals surface area contributed by atoms with Gasteiger partial charge in [0.2, 0.25) is 0 Å². The van der Waals surface area contributed by atoms with Crippen molar-refractivity contribution >= 4 is 11.4 Å². The van der Waals surface area contributed by atoms with E-state index in [0.29, 0.717) is 24.7 Å². The molecule has 1 aliphatic heterocycles. The first-order chi connectivity index (χ1) is 15.2. The third-order valence-corrected chi connectivity index (χ3v) is 6.64. The molecule has 0 bridgehead atoms. The lowest BCUT2D eigenvalue weighted by Gasteiger charge is -2.35. The van der Waals surface area contributed by atoms with Crippen LogP contribution in [-0.4, -0.2) is 50.7 Å². The average molecular weight is 420 g/mol. The Morgan fingerprint density at radius 3 is 2.97 bits per heavy atom. The minimum absolute atomic E-state index is 0.00304. The molecule has 162 valence electrons. The van der Waals surface area contributed by atoms with Crippen LogP contribution in [-0.2, 0) is 19.4 Å². The molecule has 1 aliphatic carbocycles. The molecule has 2 aliphatic rings. The summed E-state index contributed by atoms with van der Waals surface area (Å²) in [6.07, 6.45) is 10.2. The maximum atomic E-state index is 12.7. The molecular weight excluding hydrogens is 390 g/mol. The molecule has 1 saturated heterocycles. The third kappa shape index (κ3) is 4.28. The topological polar surface area (TPSA) is 71.6 Å². The fourth-order valence-corrected chi connectivity index (χ4v) is 4.90. The lowest BCUT2D eigenvalue weighted by Crippen LogP contribution is -2.48. The Balaban J connectivity index is 1.20. The number of amides is 1. The first-order valence-corrected chi connectivity index (χ1v) is 11.4. The van der Waals surface area contributed by atoms with E-state index in [0.717, 1.165) is 62.0 Å². The van der Waals surface area contributed by atoms with Crippen LogP contribution >= 0.6 is 0 Å². The molecule has 3 aromatic heterocycles. The molecule has 0 radical (unpaired) electrons. The first-order valence-electron chi connectivity index (χ1n) is 11.4. The van der Waals surface area contributed by atoms with Crippen LogP contribution in [0.15, 0.2) is 47.5 Å². The number of fused-ring (bicyclic) bond motifs is 2. The number of piperidine rings is 1. The lowest BCUT2D eigenvalue weighted by atomic mass is 10.0. The van der Waals surface area contributed by atoms with Crippen LogP contribution in [0, 0.1) is 0 Å². The van der Waals surface area contributed by atoms with E-state index in [1.165, 1.54) is 6.42 Å². The van der Waals surface area contributed by atoms with E-state index < -0.39 is 0 Å². The summed E-state index contributed by atoms with van der Waals surface area (Å²) in [7, 11) is 0. The molecular formula is C24H29N5O2. The number of rotatable bonds is 6. The quantitative estimate of drug-likeness (QED) is 0.665. The standard InChI is InChI=1S/C24H29N5O2/c30-23-15-18-6-5-9-22(18)26-29(23)13-12-27-10-3-2-8-21(27)16-25-24(31)19-14-20-7-1-4-11-28(20)17-19/h1,4,7,11,14-15,17,21H,2-3,5-6,8-10,12-13,16H2,(H,25,31). The van der Waals surface area contributed by atoms with Crippen molar-refractivity contribution in [2.24, 2.45) is 0 Å². The summed E-state index contributed by atoms with van der Waals surface area (Å²) in [5.74, 6) is -0.0364. The normalized spacial score (nSPS) is 18.9. The van der Waals surface area contributed by atoms with Gasteiger partial charge in [0, 0.05) is 43.1 Å². The van der Waals surface area contributed by atoms with E-state index in [1.54, 1.807) is 10.7 Å². The fraction of sp³-hybridized carbons (Fsp3) is 0.458. The van der Waals surface area contributed by atoms with Crippen LogP contribution in [0.1, 0.15) is 47.3 Å². The second-order valence-electron chi connectivity index (χ2n) is 8.69. The van der Waals surface area contributed by atoms with E-state index in [2.05, 4.69) is 15.3 Å². The molecule has 4 heterocycles. The van der Waals surface area contributed by atoms with Gasteiger partial charge < -0.3 is 9.72 Å². The van der Waals surface area contributed by atoms with Gasteiger partial charge in [0.05, 0.1) is 17.8 Å². The maximum absolute atomic E-state index is 12.7. The van der Waals surface area contributed by atoms with Gasteiger partial charge in [-0.25, -0.2) is 4.68 Å². The summed E-state index contributed by atoms with van der Waals surface area (Å²) in [5, 5.41) is 7.73. The van der Waals surface area contributed by atoms with Gasteiger partial charge in [-0.15, -0.1) is 0 Å². The summed E-state index contributed by atoms with van der Waals surface area (Å²) in [6, 6.07) is 9.90. The molecule has 1 N–H and O–H groups in total. The number of hydrogen-bond donors (Lipinski definition) is 1. The van der Waals surface area contributed by atoms with E-state index in [1.807, 2.05) is 41.1 Å². The second kappa shape index (κ2) is 8.67. The molecule has 7 heteroatoms. The Morgan fingerprint density at radius 1 is 1.13 bits per heavy atom. The SMILES string of the molecule is O=C(NCC1CCCCN1CCn1nc2c(cc1=O)CCC2)c1cc2ccccn2c1. The maximum Gasteiger partial charge on any atom is 0.267 e. The van der Waals surface area contributed by atoms with Crippen molar-refractivity contribution in [3.05, 3.63) is 69.9 Å². The molecule has 0 saturated carbocycles. The highest BCUT2D eigenvalue weighted by Gasteiger charge is 2.23. The molecule has 7 nitrogen and oxygen atoms in total. The summed E-state index contributed by atoms with van der Waals surface area (Å²) in [4.78, 5) is 27.5. The molecule has 1 fully saturated rings. The van der Waals surface area contributed by atoms with Gasteiger partial charge >= 0.3 is 0 Å². The van der Waals surface area contributed by atoms with E-state index in [-0.39, 0.29) is 11.5 Å². The number of nitrogens with one attached hydrogen (secondary N) is 1. The zero-order valence-corrected chi connectivity index (χ0v) is 17.8. The Bertz CT molecular complexity index is 1120. The Labute approximate surface area is 181 Å². The van der Waals surface area contributed by atoms with E-state index in [9.17, 15) is 9.59 Å². The minimum Gasteiger partial charge on any atom is -0.350 e. The van der Waals surface area contributed by atoms with Crippen LogP contribution in [0.3, 0.4) is 0 Å². The first kappa shape index (κ1) is 20.0. The van der Waals surface area contributed by atoms with Crippen molar-refractivity contribution in [1.82, 2.24) is 24.4 Å². The highest BCUT2D eigenvalue weighted by molar-refractivity contribution is 5.95. The average Bonchev–Trinajstić information content (AvgIpc) is 3.42. The molecule has 0 spiro atoms.